The lowest BCUT2D eigenvalue weighted by atomic mass is 10.1. The second-order valence-electron chi connectivity index (χ2n) is 6.76. The number of carbonyl (C=O) groups is 1. The summed E-state index contributed by atoms with van der Waals surface area (Å²) in [6.45, 7) is 5.13. The van der Waals surface area contributed by atoms with Gasteiger partial charge in [-0.05, 0) is 43.7 Å². The van der Waals surface area contributed by atoms with Gasteiger partial charge in [0.25, 0.3) is 0 Å². The Morgan fingerprint density at radius 2 is 1.65 bits per heavy atom. The van der Waals surface area contributed by atoms with E-state index in [0.717, 1.165) is 11.6 Å². The van der Waals surface area contributed by atoms with Gasteiger partial charge in [-0.15, -0.1) is 0 Å². The fourth-order valence-electron chi connectivity index (χ4n) is 3.00. The van der Waals surface area contributed by atoms with Crippen molar-refractivity contribution in [1.29, 1.82) is 0 Å². The number of alkyl halides is 3. The summed E-state index contributed by atoms with van der Waals surface area (Å²) < 4.78 is 40.0. The summed E-state index contributed by atoms with van der Waals surface area (Å²) in [5, 5.41) is 2.89. The first kappa shape index (κ1) is 22.2. The first-order valence-electron chi connectivity index (χ1n) is 9.80. The zero-order valence-corrected chi connectivity index (χ0v) is 17.1. The molecule has 0 aliphatic rings. The van der Waals surface area contributed by atoms with Crippen molar-refractivity contribution in [3.63, 3.8) is 0 Å². The molecule has 1 N–H and O–H groups in total. The zero-order chi connectivity index (χ0) is 22.4. The summed E-state index contributed by atoms with van der Waals surface area (Å²) in [6, 6.07) is 10.9. The Morgan fingerprint density at radius 1 is 1.00 bits per heavy atom. The Morgan fingerprint density at radius 3 is 2.23 bits per heavy atom. The van der Waals surface area contributed by atoms with Crippen LogP contribution in [0.3, 0.4) is 0 Å². The normalized spacial score (nSPS) is 11.3. The maximum absolute atomic E-state index is 13.3. The van der Waals surface area contributed by atoms with Gasteiger partial charge in [0.05, 0.1) is 6.42 Å². The van der Waals surface area contributed by atoms with Gasteiger partial charge >= 0.3 is 6.18 Å². The van der Waals surface area contributed by atoms with Crippen LogP contribution < -0.4 is 5.32 Å². The van der Waals surface area contributed by atoms with Crippen molar-refractivity contribution in [2.75, 3.05) is 18.4 Å². The van der Waals surface area contributed by atoms with E-state index in [4.69, 9.17) is 0 Å². The number of halogens is 3. The number of carbonyl (C=O) groups excluding carboxylic acids is 1. The van der Waals surface area contributed by atoms with Gasteiger partial charge in [0, 0.05) is 42.8 Å². The van der Waals surface area contributed by atoms with Crippen LogP contribution in [0.25, 0.3) is 11.4 Å². The number of hydrogen-bond donors (Lipinski definition) is 1. The smallest absolute Gasteiger partial charge is 0.343 e. The largest absolute Gasteiger partial charge is 0.433 e. The van der Waals surface area contributed by atoms with Gasteiger partial charge in [-0.2, -0.15) is 13.2 Å². The molecule has 9 heteroatoms. The Hall–Kier alpha value is -3.49. The molecule has 0 saturated heterocycles. The van der Waals surface area contributed by atoms with Gasteiger partial charge < -0.3 is 10.2 Å². The highest BCUT2D eigenvalue weighted by Gasteiger charge is 2.33. The van der Waals surface area contributed by atoms with E-state index in [0.29, 0.717) is 24.3 Å². The summed E-state index contributed by atoms with van der Waals surface area (Å²) in [7, 11) is 0. The van der Waals surface area contributed by atoms with Gasteiger partial charge in [0.15, 0.2) is 11.5 Å². The van der Waals surface area contributed by atoms with Crippen molar-refractivity contribution < 1.29 is 18.0 Å². The molecule has 0 atom stereocenters. The number of hydrogen-bond acceptors (Lipinski definition) is 5. The summed E-state index contributed by atoms with van der Waals surface area (Å²) >= 11 is 0. The molecule has 0 saturated carbocycles. The van der Waals surface area contributed by atoms with Crippen molar-refractivity contribution >= 4 is 17.4 Å². The van der Waals surface area contributed by atoms with E-state index in [1.807, 2.05) is 13.8 Å². The van der Waals surface area contributed by atoms with Gasteiger partial charge in [-0.3, -0.25) is 9.78 Å². The number of likely N-dealkylation sites (N-methyl/N-ethyl adjacent to an activating group) is 1. The van der Waals surface area contributed by atoms with Crippen LogP contribution in [-0.2, 0) is 17.4 Å². The lowest BCUT2D eigenvalue weighted by Crippen LogP contribution is -2.31. The fraction of sp³-hybridized carbons (Fsp3) is 0.273. The van der Waals surface area contributed by atoms with E-state index in [-0.39, 0.29) is 24.0 Å². The number of aromatic nitrogens is 3. The quantitative estimate of drug-likeness (QED) is 0.589. The minimum absolute atomic E-state index is 0.0149. The van der Waals surface area contributed by atoms with E-state index in [9.17, 15) is 18.0 Å². The molecule has 0 unspecified atom stereocenters. The number of amides is 1. The summed E-state index contributed by atoms with van der Waals surface area (Å²) in [5.74, 6) is -0.0133. The second-order valence-corrected chi connectivity index (χ2v) is 6.76. The molecule has 1 amide bonds. The molecule has 6 nitrogen and oxygen atoms in total. The van der Waals surface area contributed by atoms with Crippen molar-refractivity contribution in [2.24, 2.45) is 0 Å². The Kier molecular flexibility index (Phi) is 6.84. The van der Waals surface area contributed by atoms with Crippen LogP contribution in [0.15, 0.2) is 54.9 Å². The Labute approximate surface area is 178 Å². The maximum atomic E-state index is 13.3. The maximum Gasteiger partial charge on any atom is 0.433 e. The van der Waals surface area contributed by atoms with Crippen LogP contribution >= 0.6 is 0 Å². The Bertz CT molecular complexity index is 1020. The number of nitrogens with one attached hydrogen (secondary N) is 1. The van der Waals surface area contributed by atoms with Crippen molar-refractivity contribution in [2.45, 2.75) is 26.4 Å². The predicted octanol–water partition coefficient (Wildman–Crippen LogP) is 4.71. The van der Waals surface area contributed by atoms with Gasteiger partial charge in [-0.25, -0.2) is 9.97 Å². The molecule has 2 heterocycles. The molecule has 31 heavy (non-hydrogen) atoms. The lowest BCUT2D eigenvalue weighted by molar-refractivity contribution is -0.141. The third-order valence-electron chi connectivity index (χ3n) is 4.65. The molecule has 0 aliphatic carbocycles. The lowest BCUT2D eigenvalue weighted by Gasteiger charge is -2.18. The third kappa shape index (κ3) is 5.78. The minimum atomic E-state index is -4.62. The van der Waals surface area contributed by atoms with E-state index in [1.165, 1.54) is 12.4 Å². The van der Waals surface area contributed by atoms with Crippen LogP contribution in [0.2, 0.25) is 0 Å². The van der Waals surface area contributed by atoms with Gasteiger partial charge in [0.1, 0.15) is 5.82 Å². The average molecular weight is 429 g/mol. The minimum Gasteiger partial charge on any atom is -0.343 e. The van der Waals surface area contributed by atoms with Crippen LogP contribution in [0.4, 0.5) is 24.7 Å². The molecule has 0 fully saturated rings. The average Bonchev–Trinajstić information content (AvgIpc) is 2.76. The van der Waals surface area contributed by atoms with Gasteiger partial charge in [-0.1, -0.05) is 12.1 Å². The molecule has 3 rings (SSSR count). The van der Waals surface area contributed by atoms with Crippen molar-refractivity contribution in [1.82, 2.24) is 19.9 Å². The summed E-state index contributed by atoms with van der Waals surface area (Å²) in [6.07, 6.45) is -1.43. The number of nitrogens with zero attached hydrogens (tertiary/aromatic N) is 4. The first-order valence-corrected chi connectivity index (χ1v) is 9.80. The monoisotopic (exact) mass is 429 g/mol. The third-order valence-corrected chi connectivity index (χ3v) is 4.65. The highest BCUT2D eigenvalue weighted by Crippen LogP contribution is 2.31. The van der Waals surface area contributed by atoms with E-state index >= 15 is 0 Å². The molecular formula is C22H22F3N5O. The highest BCUT2D eigenvalue weighted by atomic mass is 19.4. The topological polar surface area (TPSA) is 71.0 Å². The molecule has 0 radical (unpaired) electrons. The summed E-state index contributed by atoms with van der Waals surface area (Å²) in [5.41, 5.74) is 0.748. The van der Waals surface area contributed by atoms with E-state index < -0.39 is 11.9 Å². The molecule has 2 aromatic heterocycles. The zero-order valence-electron chi connectivity index (χ0n) is 17.1. The second kappa shape index (κ2) is 9.55. The number of anilines is 2. The van der Waals surface area contributed by atoms with Crippen LogP contribution in [-0.4, -0.2) is 38.8 Å². The van der Waals surface area contributed by atoms with E-state index in [1.54, 1.807) is 41.3 Å². The molecule has 0 bridgehead atoms. The van der Waals surface area contributed by atoms with Crippen LogP contribution in [0.5, 0.6) is 0 Å². The van der Waals surface area contributed by atoms with Crippen molar-refractivity contribution in [3.8, 4) is 11.4 Å². The SMILES string of the molecule is CCN(CC)C(=O)Cc1ccc(Nc2cc(C(F)(F)F)nc(-c3ccncc3)n2)cc1. The molecule has 1 aromatic carbocycles. The van der Waals surface area contributed by atoms with E-state index in [2.05, 4.69) is 20.3 Å². The standard InChI is InChI=1S/C22H22F3N5O/c1-3-30(4-2)20(31)13-15-5-7-17(8-6-15)27-19-14-18(22(23,24)25)28-21(29-19)16-9-11-26-12-10-16/h5-12,14H,3-4,13H2,1-2H3,(H,27,28,29). The molecule has 162 valence electrons. The fourth-order valence-corrected chi connectivity index (χ4v) is 3.00. The number of benzene rings is 1. The predicted molar refractivity (Wildman–Crippen MR) is 112 cm³/mol. The van der Waals surface area contributed by atoms with Crippen LogP contribution in [0, 0.1) is 0 Å². The highest BCUT2D eigenvalue weighted by molar-refractivity contribution is 5.79. The first-order chi connectivity index (χ1) is 14.8. The number of rotatable bonds is 7. The van der Waals surface area contributed by atoms with Crippen molar-refractivity contribution in [3.05, 3.63) is 66.1 Å². The number of pyridine rings is 1. The molecule has 3 aromatic rings. The van der Waals surface area contributed by atoms with Gasteiger partial charge in [0.2, 0.25) is 5.91 Å². The van der Waals surface area contributed by atoms with Crippen LogP contribution in [0.1, 0.15) is 25.1 Å². The molecule has 0 spiro atoms. The Balaban J connectivity index is 1.82. The summed E-state index contributed by atoms with van der Waals surface area (Å²) in [4.78, 5) is 25.7. The molecular weight excluding hydrogens is 407 g/mol. The molecule has 0 aliphatic heterocycles.